The van der Waals surface area contributed by atoms with Crippen LogP contribution in [0, 0.1) is 0 Å². The Balaban J connectivity index is 1.95. The van der Waals surface area contributed by atoms with E-state index in [1.165, 1.54) is 5.56 Å². The average Bonchev–Trinajstić information content (AvgIpc) is 2.53. The molecule has 1 aliphatic heterocycles. The first kappa shape index (κ1) is 15.5. The highest BCUT2D eigenvalue weighted by Gasteiger charge is 2.27. The van der Waals surface area contributed by atoms with Crippen LogP contribution in [0.3, 0.4) is 0 Å². The maximum absolute atomic E-state index is 12.4. The second kappa shape index (κ2) is 6.72. The van der Waals surface area contributed by atoms with Crippen LogP contribution >= 0.6 is 0 Å². The number of carbonyl (C=O) groups is 2. The summed E-state index contributed by atoms with van der Waals surface area (Å²) in [5.74, 6) is -0.787. The molecule has 1 amide bonds. The van der Waals surface area contributed by atoms with Gasteiger partial charge in [-0.1, -0.05) is 19.1 Å². The minimum Gasteiger partial charge on any atom is -0.480 e. The van der Waals surface area contributed by atoms with Crippen LogP contribution < -0.4 is 0 Å². The van der Waals surface area contributed by atoms with E-state index in [2.05, 4.69) is 6.92 Å². The normalized spacial score (nSPS) is 17.5. The maximum atomic E-state index is 12.4. The van der Waals surface area contributed by atoms with Crippen LogP contribution in [0.2, 0.25) is 0 Å². The van der Waals surface area contributed by atoms with E-state index in [1.54, 1.807) is 11.8 Å². The predicted octanol–water partition coefficient (Wildman–Crippen LogP) is 1.48. The van der Waals surface area contributed by atoms with Crippen LogP contribution in [-0.2, 0) is 11.2 Å². The van der Waals surface area contributed by atoms with Gasteiger partial charge in [-0.25, -0.2) is 0 Å². The van der Waals surface area contributed by atoms with Crippen LogP contribution in [0.15, 0.2) is 24.3 Å². The zero-order chi connectivity index (χ0) is 15.4. The minimum absolute atomic E-state index is 0.0280. The summed E-state index contributed by atoms with van der Waals surface area (Å²) < 4.78 is 0. The van der Waals surface area contributed by atoms with Crippen LogP contribution in [0.4, 0.5) is 0 Å². The fraction of sp³-hybridized carbons (Fsp3) is 0.500. The van der Waals surface area contributed by atoms with Gasteiger partial charge in [-0.2, -0.15) is 0 Å². The van der Waals surface area contributed by atoms with Crippen molar-refractivity contribution in [2.45, 2.75) is 26.3 Å². The lowest BCUT2D eigenvalue weighted by Crippen LogP contribution is -2.53. The quantitative estimate of drug-likeness (QED) is 0.912. The van der Waals surface area contributed by atoms with E-state index in [9.17, 15) is 9.59 Å². The lowest BCUT2D eigenvalue weighted by Gasteiger charge is -2.36. The first-order chi connectivity index (χ1) is 10.0. The maximum Gasteiger partial charge on any atom is 0.320 e. The third-order valence-corrected chi connectivity index (χ3v) is 4.12. The highest BCUT2D eigenvalue weighted by molar-refractivity contribution is 5.94. The van der Waals surface area contributed by atoms with Gasteiger partial charge in [-0.15, -0.1) is 0 Å². The smallest absolute Gasteiger partial charge is 0.320 e. The Morgan fingerprint density at radius 1 is 1.14 bits per heavy atom. The standard InChI is InChI=1S/C16H22N2O3/c1-3-13-4-6-14(7-5-13)15(19)18-10-8-17(9-11-18)12(2)16(20)21/h4-7,12H,3,8-11H2,1-2H3,(H,20,21). The number of aryl methyl sites for hydroxylation is 1. The van der Waals surface area contributed by atoms with Crippen molar-refractivity contribution in [3.8, 4) is 0 Å². The molecule has 1 saturated heterocycles. The summed E-state index contributed by atoms with van der Waals surface area (Å²) in [7, 11) is 0. The van der Waals surface area contributed by atoms with Gasteiger partial charge in [0, 0.05) is 31.7 Å². The molecule has 0 aliphatic carbocycles. The van der Waals surface area contributed by atoms with Crippen molar-refractivity contribution in [1.29, 1.82) is 0 Å². The largest absolute Gasteiger partial charge is 0.480 e. The SMILES string of the molecule is CCc1ccc(C(=O)N2CCN(C(C)C(=O)O)CC2)cc1. The number of benzene rings is 1. The van der Waals surface area contributed by atoms with Gasteiger partial charge in [0.2, 0.25) is 0 Å². The first-order valence-electron chi connectivity index (χ1n) is 7.38. The van der Waals surface area contributed by atoms with Gasteiger partial charge in [0.15, 0.2) is 0 Å². The van der Waals surface area contributed by atoms with Crippen LogP contribution in [0.1, 0.15) is 29.8 Å². The summed E-state index contributed by atoms with van der Waals surface area (Å²) in [6.07, 6.45) is 0.959. The Kier molecular flexibility index (Phi) is 4.96. The van der Waals surface area contributed by atoms with Gasteiger partial charge in [-0.05, 0) is 31.0 Å². The van der Waals surface area contributed by atoms with Crippen molar-refractivity contribution in [2.75, 3.05) is 26.2 Å². The van der Waals surface area contributed by atoms with Crippen molar-refractivity contribution in [3.63, 3.8) is 0 Å². The minimum atomic E-state index is -0.815. The van der Waals surface area contributed by atoms with E-state index in [1.807, 2.05) is 29.2 Å². The lowest BCUT2D eigenvalue weighted by atomic mass is 10.1. The number of rotatable bonds is 4. The molecule has 0 aromatic heterocycles. The Bertz CT molecular complexity index is 505. The van der Waals surface area contributed by atoms with E-state index >= 15 is 0 Å². The number of amides is 1. The molecule has 21 heavy (non-hydrogen) atoms. The molecule has 1 aromatic carbocycles. The van der Waals surface area contributed by atoms with E-state index < -0.39 is 12.0 Å². The summed E-state index contributed by atoms with van der Waals surface area (Å²) in [5, 5.41) is 9.01. The summed E-state index contributed by atoms with van der Waals surface area (Å²) >= 11 is 0. The number of piperazine rings is 1. The zero-order valence-corrected chi connectivity index (χ0v) is 12.6. The Morgan fingerprint density at radius 3 is 2.19 bits per heavy atom. The van der Waals surface area contributed by atoms with Crippen molar-refractivity contribution >= 4 is 11.9 Å². The molecule has 0 radical (unpaired) electrons. The first-order valence-corrected chi connectivity index (χ1v) is 7.38. The second-order valence-corrected chi connectivity index (χ2v) is 5.39. The number of carbonyl (C=O) groups excluding carboxylic acids is 1. The fourth-order valence-electron chi connectivity index (χ4n) is 2.53. The Morgan fingerprint density at radius 2 is 1.71 bits per heavy atom. The van der Waals surface area contributed by atoms with Gasteiger partial charge in [0.25, 0.3) is 5.91 Å². The van der Waals surface area contributed by atoms with Gasteiger partial charge < -0.3 is 10.0 Å². The molecule has 0 saturated carbocycles. The summed E-state index contributed by atoms with van der Waals surface area (Å²) in [5.41, 5.74) is 1.92. The van der Waals surface area contributed by atoms with Crippen molar-refractivity contribution in [3.05, 3.63) is 35.4 Å². The van der Waals surface area contributed by atoms with Crippen molar-refractivity contribution < 1.29 is 14.7 Å². The number of nitrogens with zero attached hydrogens (tertiary/aromatic N) is 2. The van der Waals surface area contributed by atoms with E-state index in [-0.39, 0.29) is 5.91 Å². The fourth-order valence-corrected chi connectivity index (χ4v) is 2.53. The molecule has 5 nitrogen and oxygen atoms in total. The molecular weight excluding hydrogens is 268 g/mol. The monoisotopic (exact) mass is 290 g/mol. The molecule has 5 heteroatoms. The molecule has 1 N–H and O–H groups in total. The van der Waals surface area contributed by atoms with E-state index in [0.29, 0.717) is 31.7 Å². The highest BCUT2D eigenvalue weighted by Crippen LogP contribution is 2.12. The number of carboxylic acids is 1. The van der Waals surface area contributed by atoms with Gasteiger partial charge >= 0.3 is 5.97 Å². The molecule has 1 aromatic rings. The van der Waals surface area contributed by atoms with Crippen molar-refractivity contribution in [1.82, 2.24) is 9.80 Å². The molecule has 0 spiro atoms. The molecule has 1 atom stereocenters. The topological polar surface area (TPSA) is 60.9 Å². The van der Waals surface area contributed by atoms with Gasteiger partial charge in [-0.3, -0.25) is 14.5 Å². The molecule has 1 fully saturated rings. The highest BCUT2D eigenvalue weighted by atomic mass is 16.4. The summed E-state index contributed by atoms with van der Waals surface area (Å²) in [6, 6.07) is 7.21. The summed E-state index contributed by atoms with van der Waals surface area (Å²) in [6.45, 7) is 6.12. The molecule has 0 bridgehead atoms. The number of aliphatic carboxylic acids is 1. The molecule has 2 rings (SSSR count). The third-order valence-electron chi connectivity index (χ3n) is 4.12. The number of carboxylic acid groups (broad SMARTS) is 1. The zero-order valence-electron chi connectivity index (χ0n) is 12.6. The molecule has 114 valence electrons. The Labute approximate surface area is 125 Å². The van der Waals surface area contributed by atoms with Gasteiger partial charge in [0.05, 0.1) is 0 Å². The van der Waals surface area contributed by atoms with Gasteiger partial charge in [0.1, 0.15) is 6.04 Å². The Hall–Kier alpha value is -1.88. The van der Waals surface area contributed by atoms with Crippen LogP contribution in [0.25, 0.3) is 0 Å². The second-order valence-electron chi connectivity index (χ2n) is 5.39. The predicted molar refractivity (Wildman–Crippen MR) is 80.4 cm³/mol. The summed E-state index contributed by atoms with van der Waals surface area (Å²) in [4.78, 5) is 27.1. The molecule has 1 unspecified atom stereocenters. The number of hydrogen-bond donors (Lipinski definition) is 1. The molecule has 1 heterocycles. The lowest BCUT2D eigenvalue weighted by molar-refractivity contribution is -0.143. The third kappa shape index (κ3) is 3.61. The van der Waals surface area contributed by atoms with Crippen LogP contribution in [0.5, 0.6) is 0 Å². The van der Waals surface area contributed by atoms with Crippen LogP contribution in [-0.4, -0.2) is 59.0 Å². The van der Waals surface area contributed by atoms with Crippen molar-refractivity contribution in [2.24, 2.45) is 0 Å². The molecular formula is C16H22N2O3. The average molecular weight is 290 g/mol. The number of hydrogen-bond acceptors (Lipinski definition) is 3. The van der Waals surface area contributed by atoms with E-state index in [0.717, 1.165) is 6.42 Å². The van der Waals surface area contributed by atoms with E-state index in [4.69, 9.17) is 5.11 Å². The molecule has 1 aliphatic rings.